The van der Waals surface area contributed by atoms with Gasteiger partial charge in [-0.05, 0) is 18.2 Å². The smallest absolute Gasteiger partial charge is 0.261 e. The molecule has 0 unspecified atom stereocenters. The molecule has 1 aromatic heterocycles. The number of aromatic hydroxyl groups is 1. The molecule has 1 aliphatic rings. The van der Waals surface area contributed by atoms with Crippen LogP contribution in [-0.2, 0) is 0 Å². The van der Waals surface area contributed by atoms with Crippen LogP contribution < -0.4 is 0 Å². The standard InChI is InChI=1S/C12H8N2O3/c1-14-11(16)6-2-3-8(15)10-9(6)7(12(14)17)4-5-13-10/h2-5,15H,1H3. The first-order chi connectivity index (χ1) is 8.11. The molecule has 1 aliphatic heterocycles. The SMILES string of the molecule is CN1C(=O)c2ccnc3c(O)ccc(c23)C1=O. The third-order valence-electron chi connectivity index (χ3n) is 2.94. The van der Waals surface area contributed by atoms with Crippen LogP contribution in [0.1, 0.15) is 20.7 Å². The lowest BCUT2D eigenvalue weighted by Gasteiger charge is -2.23. The zero-order valence-corrected chi connectivity index (χ0v) is 8.97. The van der Waals surface area contributed by atoms with Gasteiger partial charge in [-0.2, -0.15) is 0 Å². The fourth-order valence-corrected chi connectivity index (χ4v) is 2.06. The van der Waals surface area contributed by atoms with Crippen LogP contribution in [0.5, 0.6) is 5.75 Å². The van der Waals surface area contributed by atoms with E-state index in [-0.39, 0.29) is 23.1 Å². The number of carbonyl (C=O) groups excluding carboxylic acids is 2. The Morgan fingerprint density at radius 2 is 1.76 bits per heavy atom. The monoisotopic (exact) mass is 228 g/mol. The molecule has 3 rings (SSSR count). The van der Waals surface area contributed by atoms with Gasteiger partial charge in [0, 0.05) is 18.6 Å². The first-order valence-electron chi connectivity index (χ1n) is 5.04. The van der Waals surface area contributed by atoms with E-state index in [1.165, 1.54) is 25.4 Å². The molecule has 17 heavy (non-hydrogen) atoms. The van der Waals surface area contributed by atoms with E-state index in [0.29, 0.717) is 16.5 Å². The fourth-order valence-electron chi connectivity index (χ4n) is 2.06. The Morgan fingerprint density at radius 1 is 1.12 bits per heavy atom. The minimum absolute atomic E-state index is 0.0317. The van der Waals surface area contributed by atoms with E-state index in [1.807, 2.05) is 0 Å². The van der Waals surface area contributed by atoms with Crippen molar-refractivity contribution in [2.75, 3.05) is 7.05 Å². The third-order valence-corrected chi connectivity index (χ3v) is 2.94. The second-order valence-electron chi connectivity index (χ2n) is 3.88. The summed E-state index contributed by atoms with van der Waals surface area (Å²) in [7, 11) is 1.44. The van der Waals surface area contributed by atoms with Crippen LogP contribution in [0.15, 0.2) is 24.4 Å². The molecule has 2 amide bonds. The summed E-state index contributed by atoms with van der Waals surface area (Å²) in [6.45, 7) is 0. The number of carbonyl (C=O) groups is 2. The highest BCUT2D eigenvalue weighted by Gasteiger charge is 2.31. The quantitative estimate of drug-likeness (QED) is 0.687. The summed E-state index contributed by atoms with van der Waals surface area (Å²) < 4.78 is 0. The zero-order valence-electron chi connectivity index (χ0n) is 8.97. The summed E-state index contributed by atoms with van der Waals surface area (Å²) in [5.41, 5.74) is 1.07. The first kappa shape index (κ1) is 9.77. The van der Waals surface area contributed by atoms with Crippen molar-refractivity contribution in [2.45, 2.75) is 0 Å². The lowest BCUT2D eigenvalue weighted by atomic mass is 9.97. The number of phenolic OH excluding ortho intramolecular Hbond substituents is 1. The third kappa shape index (κ3) is 1.10. The normalized spacial score (nSPS) is 14.5. The molecule has 0 spiro atoms. The summed E-state index contributed by atoms with van der Waals surface area (Å²) in [6, 6.07) is 4.47. The van der Waals surface area contributed by atoms with Crippen LogP contribution in [0.2, 0.25) is 0 Å². The van der Waals surface area contributed by atoms with Gasteiger partial charge in [-0.25, -0.2) is 0 Å². The Morgan fingerprint density at radius 3 is 2.47 bits per heavy atom. The molecule has 0 bridgehead atoms. The van der Waals surface area contributed by atoms with Gasteiger partial charge in [-0.1, -0.05) is 0 Å². The van der Waals surface area contributed by atoms with Gasteiger partial charge in [0.1, 0.15) is 11.3 Å². The molecular formula is C12H8N2O3. The Kier molecular flexibility index (Phi) is 1.75. The molecule has 84 valence electrons. The number of rotatable bonds is 0. The van der Waals surface area contributed by atoms with Gasteiger partial charge in [-0.3, -0.25) is 19.5 Å². The van der Waals surface area contributed by atoms with Crippen LogP contribution in [0.3, 0.4) is 0 Å². The molecule has 5 nitrogen and oxygen atoms in total. The molecule has 0 saturated carbocycles. The summed E-state index contributed by atoms with van der Waals surface area (Å²) in [5.74, 6) is -0.781. The Labute approximate surface area is 96.3 Å². The van der Waals surface area contributed by atoms with Gasteiger partial charge < -0.3 is 5.11 Å². The predicted molar refractivity (Wildman–Crippen MR) is 59.8 cm³/mol. The topological polar surface area (TPSA) is 70.5 Å². The molecule has 0 atom stereocenters. The first-order valence-corrected chi connectivity index (χ1v) is 5.04. The van der Waals surface area contributed by atoms with Gasteiger partial charge in [0.05, 0.1) is 11.1 Å². The molecule has 5 heteroatoms. The molecule has 1 N–H and O–H groups in total. The summed E-state index contributed by atoms with van der Waals surface area (Å²) >= 11 is 0. The molecule has 0 aliphatic carbocycles. The van der Waals surface area contributed by atoms with Crippen molar-refractivity contribution >= 4 is 22.7 Å². The fraction of sp³-hybridized carbons (Fsp3) is 0.0833. The maximum absolute atomic E-state index is 11.9. The van der Waals surface area contributed by atoms with Gasteiger partial charge >= 0.3 is 0 Å². The highest BCUT2D eigenvalue weighted by molar-refractivity contribution is 6.25. The van der Waals surface area contributed by atoms with E-state index in [4.69, 9.17) is 0 Å². The van der Waals surface area contributed by atoms with Crippen molar-refractivity contribution in [3.8, 4) is 5.75 Å². The Bertz CT molecular complexity index is 657. The highest BCUT2D eigenvalue weighted by atomic mass is 16.3. The number of pyridine rings is 1. The van der Waals surface area contributed by atoms with Gasteiger partial charge in [-0.15, -0.1) is 0 Å². The van der Waals surface area contributed by atoms with E-state index < -0.39 is 0 Å². The van der Waals surface area contributed by atoms with Crippen LogP contribution >= 0.6 is 0 Å². The largest absolute Gasteiger partial charge is 0.506 e. The minimum atomic E-state index is -0.375. The van der Waals surface area contributed by atoms with Crippen molar-refractivity contribution in [1.82, 2.24) is 9.88 Å². The lowest BCUT2D eigenvalue weighted by molar-refractivity contribution is 0.0650. The molecule has 0 radical (unpaired) electrons. The summed E-state index contributed by atoms with van der Waals surface area (Å²) in [5, 5.41) is 10.1. The Balaban J connectivity index is 2.54. The average molecular weight is 228 g/mol. The van der Waals surface area contributed by atoms with Gasteiger partial charge in [0.25, 0.3) is 11.8 Å². The van der Waals surface area contributed by atoms with E-state index in [2.05, 4.69) is 4.98 Å². The number of benzene rings is 1. The van der Waals surface area contributed by atoms with E-state index in [9.17, 15) is 14.7 Å². The molecule has 1 aromatic carbocycles. The molecule has 2 heterocycles. The average Bonchev–Trinajstić information content (AvgIpc) is 2.35. The molecule has 2 aromatic rings. The number of hydrogen-bond donors (Lipinski definition) is 1. The number of phenols is 1. The minimum Gasteiger partial charge on any atom is -0.506 e. The van der Waals surface area contributed by atoms with Gasteiger partial charge in [0.15, 0.2) is 0 Å². The Hall–Kier alpha value is -2.43. The van der Waals surface area contributed by atoms with E-state index in [1.54, 1.807) is 6.07 Å². The van der Waals surface area contributed by atoms with Crippen molar-refractivity contribution in [1.29, 1.82) is 0 Å². The van der Waals surface area contributed by atoms with Crippen molar-refractivity contribution in [2.24, 2.45) is 0 Å². The van der Waals surface area contributed by atoms with E-state index >= 15 is 0 Å². The maximum atomic E-state index is 11.9. The molecular weight excluding hydrogens is 220 g/mol. The van der Waals surface area contributed by atoms with Crippen LogP contribution in [-0.4, -0.2) is 33.9 Å². The second kappa shape index (κ2) is 3.04. The highest BCUT2D eigenvalue weighted by Crippen LogP contribution is 2.32. The predicted octanol–water partition coefficient (Wildman–Crippen LogP) is 1.17. The number of imide groups is 1. The van der Waals surface area contributed by atoms with Gasteiger partial charge in [0.2, 0.25) is 0 Å². The second-order valence-corrected chi connectivity index (χ2v) is 3.88. The van der Waals surface area contributed by atoms with Crippen LogP contribution in [0, 0.1) is 0 Å². The van der Waals surface area contributed by atoms with Crippen molar-refractivity contribution in [3.05, 3.63) is 35.5 Å². The maximum Gasteiger partial charge on any atom is 0.261 e. The number of nitrogens with zero attached hydrogens (tertiary/aromatic N) is 2. The molecule has 0 saturated heterocycles. The number of aromatic nitrogens is 1. The van der Waals surface area contributed by atoms with Crippen LogP contribution in [0.4, 0.5) is 0 Å². The molecule has 0 fully saturated rings. The number of hydrogen-bond acceptors (Lipinski definition) is 4. The van der Waals surface area contributed by atoms with Crippen molar-refractivity contribution < 1.29 is 14.7 Å². The number of amides is 2. The summed E-state index contributed by atoms with van der Waals surface area (Å²) in [4.78, 5) is 28.9. The van der Waals surface area contributed by atoms with Crippen LogP contribution in [0.25, 0.3) is 10.9 Å². The van der Waals surface area contributed by atoms with Crippen molar-refractivity contribution in [3.63, 3.8) is 0 Å². The lowest BCUT2D eigenvalue weighted by Crippen LogP contribution is -2.36. The zero-order chi connectivity index (χ0) is 12.2. The van der Waals surface area contributed by atoms with E-state index in [0.717, 1.165) is 4.90 Å². The summed E-state index contributed by atoms with van der Waals surface area (Å²) in [6.07, 6.45) is 1.45.